The van der Waals surface area contributed by atoms with E-state index in [2.05, 4.69) is 5.32 Å². The van der Waals surface area contributed by atoms with Crippen LogP contribution < -0.4 is 11.1 Å². The van der Waals surface area contributed by atoms with Gasteiger partial charge in [-0.25, -0.2) is 0 Å². The van der Waals surface area contributed by atoms with Crippen molar-refractivity contribution in [2.75, 3.05) is 20.6 Å². The van der Waals surface area contributed by atoms with Gasteiger partial charge in [0.2, 0.25) is 5.91 Å². The highest BCUT2D eigenvalue weighted by molar-refractivity contribution is 6.24. The number of carbonyl (C=O) groups excluding carboxylic acids is 4. The molecule has 0 radical (unpaired) electrons. The number of nitrogens with two attached hydrogens (primary N) is 1. The molecule has 2 fully saturated rings. The lowest BCUT2D eigenvalue weighted by Gasteiger charge is -2.60. The van der Waals surface area contributed by atoms with Gasteiger partial charge in [-0.3, -0.25) is 24.1 Å². The number of nitrogens with zero attached hydrogens (tertiary/aromatic N) is 1. The van der Waals surface area contributed by atoms with Crippen molar-refractivity contribution in [3.05, 3.63) is 29.3 Å². The highest BCUT2D eigenvalue weighted by Crippen LogP contribution is 2.55. The molecular weight excluding hydrogens is 466 g/mol. The summed E-state index contributed by atoms with van der Waals surface area (Å²) in [5, 5.41) is 37.7. The lowest BCUT2D eigenvalue weighted by molar-refractivity contribution is -0.205. The summed E-state index contributed by atoms with van der Waals surface area (Å²) >= 11 is 0. The normalized spacial score (nSPS) is 37.9. The minimum absolute atomic E-state index is 0.0951. The van der Waals surface area contributed by atoms with Crippen LogP contribution in [0.2, 0.25) is 0 Å². The number of carbonyl (C=O) groups is 4. The van der Waals surface area contributed by atoms with E-state index in [1.165, 1.54) is 11.0 Å². The van der Waals surface area contributed by atoms with Gasteiger partial charge in [-0.2, -0.15) is 0 Å². The van der Waals surface area contributed by atoms with Crippen LogP contribution in [0.4, 0.5) is 0 Å². The Kier molecular flexibility index (Phi) is 6.85. The van der Waals surface area contributed by atoms with Gasteiger partial charge in [-0.15, -0.1) is 0 Å². The molecule has 1 aromatic carbocycles. The van der Waals surface area contributed by atoms with Crippen LogP contribution in [-0.2, 0) is 14.4 Å². The molecule has 1 aromatic rings. The van der Waals surface area contributed by atoms with E-state index in [-0.39, 0.29) is 11.3 Å². The van der Waals surface area contributed by atoms with E-state index in [4.69, 9.17) is 5.73 Å². The first-order valence-electron chi connectivity index (χ1n) is 12.4. The van der Waals surface area contributed by atoms with Crippen LogP contribution in [0.15, 0.2) is 18.2 Å². The van der Waals surface area contributed by atoms with Gasteiger partial charge in [0.1, 0.15) is 11.4 Å². The Labute approximate surface area is 209 Å². The number of Topliss-reactive ketones (excluding diaryl/α,β-unsaturated/α-hetero) is 3. The van der Waals surface area contributed by atoms with Gasteiger partial charge < -0.3 is 26.4 Å². The molecule has 4 rings (SSSR count). The van der Waals surface area contributed by atoms with Crippen molar-refractivity contribution in [2.24, 2.45) is 29.4 Å². The number of hydrogen-bond acceptors (Lipinski definition) is 9. The summed E-state index contributed by atoms with van der Waals surface area (Å²) < 4.78 is 0. The zero-order valence-corrected chi connectivity index (χ0v) is 21.0. The van der Waals surface area contributed by atoms with E-state index in [1.807, 2.05) is 13.8 Å². The quantitative estimate of drug-likeness (QED) is 0.257. The number of aliphatic hydroxyl groups is 2. The Morgan fingerprint density at radius 1 is 1.22 bits per heavy atom. The molecule has 9 atom stereocenters. The highest BCUT2D eigenvalue weighted by atomic mass is 16.3. The molecular formula is C26H35N3O7. The van der Waals surface area contributed by atoms with Crippen LogP contribution in [0.1, 0.15) is 48.5 Å². The zero-order chi connectivity index (χ0) is 26.7. The summed E-state index contributed by atoms with van der Waals surface area (Å²) in [6, 6.07) is 2.33. The number of likely N-dealkylation sites (N-methyl/N-ethyl adjacent to an activating group) is 1. The summed E-state index contributed by atoms with van der Waals surface area (Å²) in [4.78, 5) is 54.8. The molecule has 0 bridgehead atoms. The number of aliphatic hydroxyl groups excluding tert-OH is 1. The van der Waals surface area contributed by atoms with Gasteiger partial charge in [-0.1, -0.05) is 32.4 Å². The van der Waals surface area contributed by atoms with Crippen LogP contribution >= 0.6 is 0 Å². The molecule has 1 amide bonds. The van der Waals surface area contributed by atoms with Crippen molar-refractivity contribution in [2.45, 2.75) is 56.4 Å². The van der Waals surface area contributed by atoms with Gasteiger partial charge in [0.25, 0.3) is 0 Å². The number of fused-ring (bicyclic) bond motifs is 3. The van der Waals surface area contributed by atoms with Gasteiger partial charge >= 0.3 is 0 Å². The molecule has 36 heavy (non-hydrogen) atoms. The number of rotatable bonds is 6. The second kappa shape index (κ2) is 9.33. The number of unbranched alkanes of at least 4 members (excludes halogenated alkanes) is 1. The molecule has 3 aliphatic rings. The topological polar surface area (TPSA) is 170 Å². The average molecular weight is 502 g/mol. The molecule has 2 saturated carbocycles. The van der Waals surface area contributed by atoms with E-state index in [0.717, 1.165) is 6.42 Å². The van der Waals surface area contributed by atoms with Gasteiger partial charge in [0.05, 0.1) is 23.8 Å². The molecule has 6 N–H and O–H groups in total. The van der Waals surface area contributed by atoms with Crippen LogP contribution in [0, 0.1) is 23.7 Å². The Morgan fingerprint density at radius 2 is 1.89 bits per heavy atom. The lowest BCUT2D eigenvalue weighted by Crippen LogP contribution is -2.81. The molecule has 0 aromatic heterocycles. The minimum Gasteiger partial charge on any atom is -0.507 e. The van der Waals surface area contributed by atoms with Crippen LogP contribution in [0.25, 0.3) is 0 Å². The van der Waals surface area contributed by atoms with Crippen LogP contribution in [0.5, 0.6) is 5.75 Å². The number of phenolic OH excluding ortho intramolecular Hbond substituents is 1. The van der Waals surface area contributed by atoms with E-state index in [0.29, 0.717) is 18.5 Å². The first-order valence-corrected chi connectivity index (χ1v) is 12.4. The predicted octanol–water partition coefficient (Wildman–Crippen LogP) is -0.412. The molecule has 196 valence electrons. The number of aromatic hydroxyl groups is 1. The maximum absolute atomic E-state index is 13.9. The maximum Gasteiger partial charge on any atom is 0.235 e. The van der Waals surface area contributed by atoms with Crippen molar-refractivity contribution in [3.63, 3.8) is 0 Å². The van der Waals surface area contributed by atoms with Crippen LogP contribution in [-0.4, -0.2) is 87.9 Å². The molecule has 0 aliphatic heterocycles. The Hall–Kier alpha value is -2.66. The average Bonchev–Trinajstić information content (AvgIpc) is 2.80. The fourth-order valence-corrected chi connectivity index (χ4v) is 6.94. The molecule has 0 heterocycles. The summed E-state index contributed by atoms with van der Waals surface area (Å²) in [5.74, 6) is -9.29. The van der Waals surface area contributed by atoms with E-state index >= 15 is 0 Å². The minimum atomic E-state index is -2.44. The van der Waals surface area contributed by atoms with E-state index < -0.39 is 76.6 Å². The number of ketones is 3. The Morgan fingerprint density at radius 3 is 2.47 bits per heavy atom. The molecule has 0 spiro atoms. The third-order valence-corrected chi connectivity index (χ3v) is 8.52. The number of hydrogen-bond donors (Lipinski definition) is 5. The van der Waals surface area contributed by atoms with Crippen molar-refractivity contribution in [1.29, 1.82) is 0 Å². The lowest BCUT2D eigenvalue weighted by atomic mass is 9.48. The van der Waals surface area contributed by atoms with Crippen molar-refractivity contribution < 1.29 is 34.5 Å². The molecule has 5 unspecified atom stereocenters. The van der Waals surface area contributed by atoms with Crippen molar-refractivity contribution >= 4 is 23.3 Å². The predicted molar refractivity (Wildman–Crippen MR) is 129 cm³/mol. The summed E-state index contributed by atoms with van der Waals surface area (Å²) in [5.41, 5.74) is 3.68. The highest BCUT2D eigenvalue weighted by Gasteiger charge is 2.72. The fraction of sp³-hybridized carbons (Fsp3) is 0.615. The maximum atomic E-state index is 13.9. The Bertz CT molecular complexity index is 1110. The summed E-state index contributed by atoms with van der Waals surface area (Å²) in [7, 11) is 3.13. The monoisotopic (exact) mass is 501 g/mol. The number of primary amides is 1. The third kappa shape index (κ3) is 3.53. The standard InChI is InChI=1S/C26H35N3O7/c1-5-6-10-28-23-16-14(11(2)12-8-7-9-13(30)15(12)20(16)31)21(32)18-19(29(3)4)22(33)17(25(27)35)24(34)26(18,23)36/h7-9,11,14,16-19,21,23,28,30,32,36H,5-6,10H2,1-4H3,(H2,27,35)/t11-,14?,16?,17?,18?,19-,21-,23?,26-/m0/s1. The van der Waals surface area contributed by atoms with E-state index in [9.17, 15) is 34.5 Å². The van der Waals surface area contributed by atoms with Crippen LogP contribution in [0.3, 0.4) is 0 Å². The first kappa shape index (κ1) is 26.4. The number of benzene rings is 1. The number of nitrogens with one attached hydrogen (secondary N) is 1. The Balaban J connectivity index is 1.97. The molecule has 3 aliphatic carbocycles. The first-order chi connectivity index (χ1) is 16.9. The summed E-state index contributed by atoms with van der Waals surface area (Å²) in [6.45, 7) is 4.13. The molecule has 10 nitrogen and oxygen atoms in total. The summed E-state index contributed by atoms with van der Waals surface area (Å²) in [6.07, 6.45) is 0.0302. The van der Waals surface area contributed by atoms with E-state index in [1.54, 1.807) is 26.2 Å². The van der Waals surface area contributed by atoms with Gasteiger partial charge in [0.15, 0.2) is 23.3 Å². The second-order valence-corrected chi connectivity index (χ2v) is 10.6. The smallest absolute Gasteiger partial charge is 0.235 e. The fourth-order valence-electron chi connectivity index (χ4n) is 6.94. The number of amides is 1. The van der Waals surface area contributed by atoms with Gasteiger partial charge in [0, 0.05) is 17.8 Å². The third-order valence-electron chi connectivity index (χ3n) is 8.52. The molecule has 10 heteroatoms. The van der Waals surface area contributed by atoms with Crippen molar-refractivity contribution in [3.8, 4) is 5.75 Å². The largest absolute Gasteiger partial charge is 0.507 e. The number of phenols is 1. The zero-order valence-electron chi connectivity index (χ0n) is 21.0. The SMILES string of the molecule is CCCCNC1C2C(=O)c3c(O)cccc3[C@H](C)C2[C@H](O)C2[C@H](N(C)C)C(=O)C(C(N)=O)C(=O)[C@@]12O. The second-order valence-electron chi connectivity index (χ2n) is 10.6. The molecule has 0 saturated heterocycles. The van der Waals surface area contributed by atoms with Gasteiger partial charge in [-0.05, 0) is 44.6 Å². The van der Waals surface area contributed by atoms with Crippen molar-refractivity contribution in [1.82, 2.24) is 10.2 Å².